The van der Waals surface area contributed by atoms with Gasteiger partial charge in [0.2, 0.25) is 5.91 Å². The van der Waals surface area contributed by atoms with E-state index in [-0.39, 0.29) is 24.4 Å². The first-order valence-corrected chi connectivity index (χ1v) is 6.83. The molecule has 0 bridgehead atoms. The van der Waals surface area contributed by atoms with E-state index in [0.29, 0.717) is 13.0 Å². The fourth-order valence-electron chi connectivity index (χ4n) is 1.89. The van der Waals surface area contributed by atoms with Gasteiger partial charge in [-0.25, -0.2) is 0 Å². The molecule has 0 radical (unpaired) electrons. The average Bonchev–Trinajstić information content (AvgIpc) is 2.35. The topological polar surface area (TPSA) is 50.4 Å². The normalized spacial score (nSPS) is 18.5. The molecule has 1 aliphatic rings. The summed E-state index contributed by atoms with van der Waals surface area (Å²) in [5.41, 5.74) is 1.90. The van der Waals surface area contributed by atoms with Crippen LogP contribution in [-0.4, -0.2) is 31.7 Å². The molecule has 1 amide bonds. The largest absolute Gasteiger partial charge is 0.375 e. The molecule has 2 rings (SSSR count). The number of anilines is 1. The van der Waals surface area contributed by atoms with Gasteiger partial charge in [-0.15, -0.1) is 12.4 Å². The molecule has 0 spiro atoms. The second kappa shape index (κ2) is 7.85. The Bertz CT molecular complexity index is 437. The van der Waals surface area contributed by atoms with E-state index >= 15 is 0 Å². The number of halogens is 2. The van der Waals surface area contributed by atoms with Crippen molar-refractivity contribution in [3.63, 3.8) is 0 Å². The van der Waals surface area contributed by atoms with Crippen molar-refractivity contribution in [2.45, 2.75) is 19.4 Å². The van der Waals surface area contributed by atoms with E-state index < -0.39 is 0 Å². The Hall–Kier alpha value is -0.620. The third kappa shape index (κ3) is 5.10. The van der Waals surface area contributed by atoms with Gasteiger partial charge in [0.15, 0.2) is 0 Å². The van der Waals surface area contributed by atoms with Crippen molar-refractivity contribution in [1.29, 1.82) is 0 Å². The van der Waals surface area contributed by atoms with E-state index in [1.807, 2.05) is 25.1 Å². The van der Waals surface area contributed by atoms with Gasteiger partial charge >= 0.3 is 0 Å². The van der Waals surface area contributed by atoms with Crippen molar-refractivity contribution in [1.82, 2.24) is 5.32 Å². The Kier molecular flexibility index (Phi) is 6.79. The Morgan fingerprint density at radius 1 is 1.58 bits per heavy atom. The lowest BCUT2D eigenvalue weighted by Gasteiger charge is -2.23. The van der Waals surface area contributed by atoms with Crippen LogP contribution in [0.3, 0.4) is 0 Å². The maximum absolute atomic E-state index is 11.9. The lowest BCUT2D eigenvalue weighted by atomic mass is 10.1. The van der Waals surface area contributed by atoms with Crippen molar-refractivity contribution in [3.05, 3.63) is 28.2 Å². The minimum atomic E-state index is -0.0220. The van der Waals surface area contributed by atoms with Crippen molar-refractivity contribution in [2.24, 2.45) is 0 Å². The lowest BCUT2D eigenvalue weighted by molar-refractivity contribution is -0.119. The van der Waals surface area contributed by atoms with Gasteiger partial charge in [-0.3, -0.25) is 4.79 Å². The van der Waals surface area contributed by atoms with Crippen LogP contribution in [0, 0.1) is 6.92 Å². The van der Waals surface area contributed by atoms with Gasteiger partial charge < -0.3 is 15.4 Å². The molecule has 4 nitrogen and oxygen atoms in total. The second-order valence-corrected chi connectivity index (χ2v) is 5.32. The smallest absolute Gasteiger partial charge is 0.227 e. The van der Waals surface area contributed by atoms with E-state index in [2.05, 4.69) is 26.6 Å². The van der Waals surface area contributed by atoms with Gasteiger partial charge in [0.1, 0.15) is 0 Å². The van der Waals surface area contributed by atoms with Crippen LogP contribution in [0.4, 0.5) is 5.69 Å². The molecule has 0 saturated carbocycles. The number of benzene rings is 1. The summed E-state index contributed by atoms with van der Waals surface area (Å²) in [6.45, 7) is 4.25. The predicted molar refractivity (Wildman–Crippen MR) is 82.0 cm³/mol. The van der Waals surface area contributed by atoms with Crippen LogP contribution in [0.1, 0.15) is 12.0 Å². The molecule has 6 heteroatoms. The van der Waals surface area contributed by atoms with Crippen LogP contribution in [0.5, 0.6) is 0 Å². The van der Waals surface area contributed by atoms with Gasteiger partial charge in [-0.05, 0) is 24.6 Å². The molecule has 0 aliphatic carbocycles. The van der Waals surface area contributed by atoms with Crippen molar-refractivity contribution >= 4 is 39.9 Å². The van der Waals surface area contributed by atoms with Crippen LogP contribution in [0.15, 0.2) is 22.7 Å². The number of carbonyl (C=O) groups excluding carboxylic acids is 1. The standard InChI is InChI=1S/C13H17BrN2O2.ClH/c1-9-2-3-10(14)6-12(9)16-13(17)7-11-8-15-4-5-18-11;/h2-3,6,11,15H,4-5,7-8H2,1H3,(H,16,17);1H. The number of nitrogens with one attached hydrogen (secondary N) is 2. The molecular weight excluding hydrogens is 332 g/mol. The summed E-state index contributed by atoms with van der Waals surface area (Å²) < 4.78 is 6.47. The highest BCUT2D eigenvalue weighted by molar-refractivity contribution is 9.10. The zero-order chi connectivity index (χ0) is 13.0. The first-order chi connectivity index (χ1) is 8.65. The molecule has 1 heterocycles. The lowest BCUT2D eigenvalue weighted by Crippen LogP contribution is -2.40. The van der Waals surface area contributed by atoms with Crippen molar-refractivity contribution in [2.75, 3.05) is 25.0 Å². The number of carbonyl (C=O) groups is 1. The monoisotopic (exact) mass is 348 g/mol. The molecule has 1 unspecified atom stereocenters. The highest BCUT2D eigenvalue weighted by Crippen LogP contribution is 2.21. The maximum Gasteiger partial charge on any atom is 0.227 e. The molecule has 1 aliphatic heterocycles. The van der Waals surface area contributed by atoms with Gasteiger partial charge in [-0.2, -0.15) is 0 Å². The molecule has 0 aromatic heterocycles. The third-order valence-corrected chi connectivity index (χ3v) is 3.38. The van der Waals surface area contributed by atoms with E-state index in [1.54, 1.807) is 0 Å². The van der Waals surface area contributed by atoms with E-state index in [9.17, 15) is 4.79 Å². The number of amides is 1. The van der Waals surface area contributed by atoms with Crippen molar-refractivity contribution in [3.8, 4) is 0 Å². The second-order valence-electron chi connectivity index (χ2n) is 4.41. The first kappa shape index (κ1) is 16.4. The molecule has 19 heavy (non-hydrogen) atoms. The zero-order valence-corrected chi connectivity index (χ0v) is 13.1. The molecule has 106 valence electrons. The molecule has 1 atom stereocenters. The van der Waals surface area contributed by atoms with Crippen LogP contribution in [-0.2, 0) is 9.53 Å². The van der Waals surface area contributed by atoms with Gasteiger partial charge in [-0.1, -0.05) is 22.0 Å². The number of morpholine rings is 1. The number of rotatable bonds is 3. The SMILES string of the molecule is Cc1ccc(Br)cc1NC(=O)CC1CNCCO1.Cl. The van der Waals surface area contributed by atoms with Crippen molar-refractivity contribution < 1.29 is 9.53 Å². The van der Waals surface area contributed by atoms with Crippen LogP contribution in [0.25, 0.3) is 0 Å². The summed E-state index contributed by atoms with van der Waals surface area (Å²) in [6, 6.07) is 5.84. The zero-order valence-electron chi connectivity index (χ0n) is 10.7. The van der Waals surface area contributed by atoms with Crippen LogP contribution < -0.4 is 10.6 Å². The number of ether oxygens (including phenoxy) is 1. The average molecular weight is 350 g/mol. The Labute approximate surface area is 127 Å². The summed E-state index contributed by atoms with van der Waals surface area (Å²) >= 11 is 3.40. The summed E-state index contributed by atoms with van der Waals surface area (Å²) in [5, 5.41) is 6.13. The van der Waals surface area contributed by atoms with Crippen LogP contribution in [0.2, 0.25) is 0 Å². The Morgan fingerprint density at radius 2 is 2.37 bits per heavy atom. The van der Waals surface area contributed by atoms with Gasteiger partial charge in [0.25, 0.3) is 0 Å². The predicted octanol–water partition coefficient (Wildman–Crippen LogP) is 2.50. The first-order valence-electron chi connectivity index (χ1n) is 6.03. The minimum absolute atomic E-state index is 0. The van der Waals surface area contributed by atoms with E-state index in [4.69, 9.17) is 4.74 Å². The summed E-state index contributed by atoms with van der Waals surface area (Å²) in [7, 11) is 0. The maximum atomic E-state index is 11.9. The molecule has 1 saturated heterocycles. The number of aryl methyl sites for hydroxylation is 1. The number of hydrogen-bond donors (Lipinski definition) is 2. The molecular formula is C13H18BrClN2O2. The van der Waals surface area contributed by atoms with Crippen LogP contribution >= 0.6 is 28.3 Å². The highest BCUT2D eigenvalue weighted by atomic mass is 79.9. The van der Waals surface area contributed by atoms with E-state index in [0.717, 1.165) is 28.8 Å². The summed E-state index contributed by atoms with van der Waals surface area (Å²) in [5.74, 6) is -0.00935. The molecule has 2 N–H and O–H groups in total. The quantitative estimate of drug-likeness (QED) is 0.881. The highest BCUT2D eigenvalue weighted by Gasteiger charge is 2.17. The summed E-state index contributed by atoms with van der Waals surface area (Å²) in [6.07, 6.45) is 0.366. The Balaban J connectivity index is 0.00000180. The summed E-state index contributed by atoms with van der Waals surface area (Å²) in [4.78, 5) is 11.9. The Morgan fingerprint density at radius 3 is 3.05 bits per heavy atom. The minimum Gasteiger partial charge on any atom is -0.375 e. The fraction of sp³-hybridized carbons (Fsp3) is 0.462. The van der Waals surface area contributed by atoms with E-state index in [1.165, 1.54) is 0 Å². The third-order valence-electron chi connectivity index (χ3n) is 2.89. The molecule has 1 aromatic carbocycles. The molecule has 1 fully saturated rings. The number of hydrogen-bond acceptors (Lipinski definition) is 3. The van der Waals surface area contributed by atoms with Gasteiger partial charge in [0.05, 0.1) is 19.1 Å². The molecule has 1 aromatic rings. The van der Waals surface area contributed by atoms with Gasteiger partial charge in [0, 0.05) is 23.2 Å². The fourth-order valence-corrected chi connectivity index (χ4v) is 2.25.